The molecule has 1 aliphatic rings. The van der Waals surface area contributed by atoms with Crippen LogP contribution in [0.1, 0.15) is 30.2 Å². The highest BCUT2D eigenvalue weighted by Crippen LogP contribution is 2.36. The summed E-state index contributed by atoms with van der Waals surface area (Å²) in [7, 11) is 0. The molecule has 3 rings (SSSR count). The Bertz CT molecular complexity index is 753. The molecule has 1 fully saturated rings. The maximum absolute atomic E-state index is 11.8. The van der Waals surface area contributed by atoms with Gasteiger partial charge in [0, 0.05) is 6.54 Å². The van der Waals surface area contributed by atoms with E-state index in [0.29, 0.717) is 13.0 Å². The predicted molar refractivity (Wildman–Crippen MR) is 97.4 cm³/mol. The molecule has 0 spiro atoms. The fraction of sp³-hybridized carbons (Fsp3) is 0.300. The molecule has 3 atom stereocenters. The van der Waals surface area contributed by atoms with E-state index in [4.69, 9.17) is 9.57 Å². The molecule has 27 heavy (non-hydrogen) atoms. The van der Waals surface area contributed by atoms with Gasteiger partial charge in [0.15, 0.2) is 6.23 Å². The molecule has 1 heterocycles. The van der Waals surface area contributed by atoms with Gasteiger partial charge in [0.2, 0.25) is 0 Å². The molecule has 0 saturated carbocycles. The Hall–Kier alpha value is -2.90. The predicted octanol–water partition coefficient (Wildman–Crippen LogP) is 3.09. The van der Waals surface area contributed by atoms with E-state index in [1.54, 1.807) is 5.06 Å². The Morgan fingerprint density at radius 3 is 2.44 bits per heavy atom. The van der Waals surface area contributed by atoms with Crippen LogP contribution in [0.15, 0.2) is 60.7 Å². The molecular weight excluding hydrogens is 348 g/mol. The lowest BCUT2D eigenvalue weighted by molar-refractivity contribution is -0.139. The summed E-state index contributed by atoms with van der Waals surface area (Å²) in [5, 5.41) is 13.5. The fourth-order valence-corrected chi connectivity index (χ4v) is 2.73. The van der Waals surface area contributed by atoms with Gasteiger partial charge in [-0.25, -0.2) is 9.59 Å². The van der Waals surface area contributed by atoms with E-state index in [9.17, 15) is 14.7 Å². The van der Waals surface area contributed by atoms with Crippen LogP contribution in [0.2, 0.25) is 0 Å². The van der Waals surface area contributed by atoms with Gasteiger partial charge in [-0.15, -0.1) is 0 Å². The maximum atomic E-state index is 11.8. The summed E-state index contributed by atoms with van der Waals surface area (Å²) < 4.78 is 5.07. The number of carbonyl (C=O) groups excluding carboxylic acids is 1. The highest BCUT2D eigenvalue weighted by molar-refractivity contribution is 5.79. The van der Waals surface area contributed by atoms with Crippen molar-refractivity contribution in [3.05, 3.63) is 71.8 Å². The molecule has 0 bridgehead atoms. The van der Waals surface area contributed by atoms with Crippen LogP contribution in [-0.4, -0.2) is 34.8 Å². The molecule has 0 radical (unpaired) electrons. The number of carboxylic acid groups (broad SMARTS) is 1. The number of benzene rings is 2. The molecule has 0 aliphatic carbocycles. The Kier molecular flexibility index (Phi) is 6.40. The minimum absolute atomic E-state index is 0.0710. The van der Waals surface area contributed by atoms with Crippen molar-refractivity contribution in [1.82, 2.24) is 10.4 Å². The average Bonchev–Trinajstić information content (AvgIpc) is 3.46. The second-order valence-electron chi connectivity index (χ2n) is 6.25. The van der Waals surface area contributed by atoms with Gasteiger partial charge in [0.25, 0.3) is 0 Å². The molecule has 1 amide bonds. The average molecular weight is 370 g/mol. The highest BCUT2D eigenvalue weighted by Gasteiger charge is 2.37. The first-order chi connectivity index (χ1) is 13.1. The van der Waals surface area contributed by atoms with Crippen molar-refractivity contribution < 1.29 is 24.3 Å². The number of hydrogen-bond donors (Lipinski definition) is 2. The van der Waals surface area contributed by atoms with E-state index in [1.807, 2.05) is 60.7 Å². The van der Waals surface area contributed by atoms with Gasteiger partial charge in [-0.1, -0.05) is 60.7 Å². The van der Waals surface area contributed by atoms with Crippen LogP contribution in [0.25, 0.3) is 0 Å². The second-order valence-corrected chi connectivity index (χ2v) is 6.25. The quantitative estimate of drug-likeness (QED) is 0.659. The molecule has 1 saturated heterocycles. The number of ether oxygens (including phenoxy) is 1. The van der Waals surface area contributed by atoms with Crippen molar-refractivity contribution in [1.29, 1.82) is 0 Å². The van der Waals surface area contributed by atoms with Gasteiger partial charge in [-0.2, -0.15) is 5.06 Å². The standard InChI is InChI=1S/C20H22N2O5/c23-19(24)17(21-20(25)26-14-15-8-3-1-4-9-15)12-7-13-22-18(27-22)16-10-5-2-6-11-16/h1-6,8-11,17-18H,7,12-14H2,(H,21,25)(H,23,24)/t17-,18?,22?/m0/s1. The molecule has 2 N–H and O–H groups in total. The van der Waals surface area contributed by atoms with Crippen LogP contribution in [-0.2, 0) is 21.0 Å². The third kappa shape index (κ3) is 5.80. The minimum Gasteiger partial charge on any atom is -0.480 e. The molecule has 2 aromatic rings. The van der Waals surface area contributed by atoms with E-state index in [1.165, 1.54) is 0 Å². The number of nitrogens with zero attached hydrogens (tertiary/aromatic N) is 1. The summed E-state index contributed by atoms with van der Waals surface area (Å²) in [6.45, 7) is 0.684. The van der Waals surface area contributed by atoms with Gasteiger partial charge in [-0.05, 0) is 24.0 Å². The number of hydrogen-bond acceptors (Lipinski definition) is 5. The zero-order valence-corrected chi connectivity index (χ0v) is 14.8. The third-order valence-corrected chi connectivity index (χ3v) is 4.21. The van der Waals surface area contributed by atoms with Gasteiger partial charge in [0.05, 0.1) is 0 Å². The zero-order chi connectivity index (χ0) is 19.1. The number of rotatable bonds is 9. The molecule has 7 heteroatoms. The van der Waals surface area contributed by atoms with Crippen molar-refractivity contribution in [2.24, 2.45) is 0 Å². The van der Waals surface area contributed by atoms with Crippen molar-refractivity contribution in [3.63, 3.8) is 0 Å². The summed E-state index contributed by atoms with van der Waals surface area (Å²) in [5.74, 6) is -1.09. The number of amides is 1. The monoisotopic (exact) mass is 370 g/mol. The lowest BCUT2D eigenvalue weighted by Gasteiger charge is -2.14. The fourth-order valence-electron chi connectivity index (χ4n) is 2.73. The summed E-state index contributed by atoms with van der Waals surface area (Å²) in [4.78, 5) is 28.7. The molecule has 2 aromatic carbocycles. The number of nitrogens with one attached hydrogen (secondary N) is 1. The second kappa shape index (κ2) is 9.16. The number of carboxylic acids is 1. The molecule has 0 aromatic heterocycles. The summed E-state index contributed by atoms with van der Waals surface area (Å²) in [6, 6.07) is 18.0. The first-order valence-electron chi connectivity index (χ1n) is 8.82. The summed E-state index contributed by atoms with van der Waals surface area (Å²) in [5.41, 5.74) is 1.90. The van der Waals surface area contributed by atoms with Crippen molar-refractivity contribution in [2.45, 2.75) is 31.7 Å². The van der Waals surface area contributed by atoms with E-state index < -0.39 is 18.1 Å². The van der Waals surface area contributed by atoms with Crippen molar-refractivity contribution in [2.75, 3.05) is 6.54 Å². The SMILES string of the molecule is O=C(N[C@@H](CCCN1OC1c1ccccc1)C(=O)O)OCc1ccccc1. The van der Waals surface area contributed by atoms with Crippen LogP contribution in [0.3, 0.4) is 0 Å². The van der Waals surface area contributed by atoms with Crippen LogP contribution in [0.4, 0.5) is 4.79 Å². The van der Waals surface area contributed by atoms with Gasteiger partial charge in [-0.3, -0.25) is 4.84 Å². The zero-order valence-electron chi connectivity index (χ0n) is 14.8. The lowest BCUT2D eigenvalue weighted by Crippen LogP contribution is -2.41. The number of carbonyl (C=O) groups is 2. The first kappa shape index (κ1) is 18.9. The largest absolute Gasteiger partial charge is 0.480 e. The lowest BCUT2D eigenvalue weighted by atomic mass is 10.1. The number of aliphatic carboxylic acids is 1. The number of hydroxylamine groups is 2. The van der Waals surface area contributed by atoms with Gasteiger partial charge in [0.1, 0.15) is 12.6 Å². The number of alkyl carbamates (subject to hydrolysis) is 1. The Labute approximate surface area is 157 Å². The highest BCUT2D eigenvalue weighted by atomic mass is 16.8. The minimum atomic E-state index is -1.09. The van der Waals surface area contributed by atoms with Gasteiger partial charge >= 0.3 is 12.1 Å². The molecule has 1 aliphatic heterocycles. The Morgan fingerprint density at radius 1 is 1.11 bits per heavy atom. The first-order valence-corrected chi connectivity index (χ1v) is 8.82. The molecule has 2 unspecified atom stereocenters. The van der Waals surface area contributed by atoms with Crippen LogP contribution in [0, 0.1) is 0 Å². The van der Waals surface area contributed by atoms with E-state index in [2.05, 4.69) is 5.32 Å². The summed E-state index contributed by atoms with van der Waals surface area (Å²) >= 11 is 0. The topological polar surface area (TPSA) is 91.2 Å². The maximum Gasteiger partial charge on any atom is 0.408 e. The molecule has 7 nitrogen and oxygen atoms in total. The van der Waals surface area contributed by atoms with Crippen molar-refractivity contribution in [3.8, 4) is 0 Å². The van der Waals surface area contributed by atoms with Gasteiger partial charge < -0.3 is 15.2 Å². The Morgan fingerprint density at radius 2 is 1.78 bits per heavy atom. The molecular formula is C20H22N2O5. The van der Waals surface area contributed by atoms with E-state index in [-0.39, 0.29) is 19.3 Å². The summed E-state index contributed by atoms with van der Waals surface area (Å²) in [6.07, 6.45) is 0.0471. The van der Waals surface area contributed by atoms with Crippen LogP contribution >= 0.6 is 0 Å². The van der Waals surface area contributed by atoms with Crippen molar-refractivity contribution >= 4 is 12.1 Å². The molecule has 142 valence electrons. The third-order valence-electron chi connectivity index (χ3n) is 4.21. The van der Waals surface area contributed by atoms with E-state index >= 15 is 0 Å². The van der Waals surface area contributed by atoms with E-state index in [0.717, 1.165) is 11.1 Å². The normalized spacial score (nSPS) is 19.1. The van der Waals surface area contributed by atoms with Crippen LogP contribution in [0.5, 0.6) is 0 Å². The Balaban J connectivity index is 1.38. The smallest absolute Gasteiger partial charge is 0.408 e. The van der Waals surface area contributed by atoms with Crippen LogP contribution < -0.4 is 5.32 Å².